The Hall–Kier alpha value is -3.39. The Bertz CT molecular complexity index is 1140. The zero-order valence-electron chi connectivity index (χ0n) is 16.6. The summed E-state index contributed by atoms with van der Waals surface area (Å²) in [7, 11) is 0. The normalized spacial score (nSPS) is 12.0. The summed E-state index contributed by atoms with van der Waals surface area (Å²) in [5.41, 5.74) is 2.10. The number of carbonyl (C=O) groups is 1. The highest BCUT2D eigenvalue weighted by atomic mass is 79.9. The van der Waals surface area contributed by atoms with Crippen molar-refractivity contribution in [1.82, 2.24) is 20.8 Å². The van der Waals surface area contributed by atoms with Gasteiger partial charge in [0.15, 0.2) is 11.5 Å². The maximum Gasteiger partial charge on any atom is 0.471 e. The molecule has 0 saturated heterocycles. The second-order valence-corrected chi connectivity index (χ2v) is 7.38. The Labute approximate surface area is 192 Å². The molecule has 0 radical (unpaired) electrons. The Morgan fingerprint density at radius 3 is 2.70 bits per heavy atom. The summed E-state index contributed by atoms with van der Waals surface area (Å²) in [5, 5.41) is 16.4. The molecule has 0 bridgehead atoms. The third-order valence-corrected chi connectivity index (χ3v) is 4.87. The second kappa shape index (κ2) is 10.5. The number of rotatable bonds is 7. The number of aryl methyl sites for hydroxylation is 1. The molecule has 2 N–H and O–H groups in total. The minimum Gasteiger partial charge on any atom is -0.290 e. The summed E-state index contributed by atoms with van der Waals surface area (Å²) in [6.07, 6.45) is -1.64. The first-order valence-corrected chi connectivity index (χ1v) is 10.0. The van der Waals surface area contributed by atoms with E-state index in [0.717, 1.165) is 11.6 Å². The molecule has 0 aliphatic heterocycles. The van der Waals surface area contributed by atoms with Crippen molar-refractivity contribution in [3.63, 3.8) is 0 Å². The van der Waals surface area contributed by atoms with E-state index in [0.29, 0.717) is 11.3 Å². The van der Waals surface area contributed by atoms with Crippen LogP contribution in [0.5, 0.6) is 0 Å². The number of benzene rings is 1. The summed E-state index contributed by atoms with van der Waals surface area (Å²) in [4.78, 5) is 20.4. The van der Waals surface area contributed by atoms with Crippen LogP contribution < -0.4 is 10.4 Å². The molecule has 0 aliphatic carbocycles. The number of alkyl halides is 3. The molecule has 0 aliphatic rings. The first-order chi connectivity index (χ1) is 15.7. The number of amidine groups is 1. The van der Waals surface area contributed by atoms with E-state index in [-0.39, 0.29) is 16.6 Å². The number of hydrogen-bond acceptors (Lipinski definition) is 7. The van der Waals surface area contributed by atoms with Gasteiger partial charge in [-0.3, -0.25) is 25.4 Å². The average molecular weight is 531 g/mol. The number of pyridine rings is 1. The number of halogens is 5. The van der Waals surface area contributed by atoms with Crippen molar-refractivity contribution in [3.8, 4) is 0 Å². The van der Waals surface area contributed by atoms with E-state index in [1.54, 1.807) is 30.0 Å². The van der Waals surface area contributed by atoms with E-state index < -0.39 is 41.8 Å². The third kappa shape index (κ3) is 6.10. The van der Waals surface area contributed by atoms with Gasteiger partial charge in [0.1, 0.15) is 5.82 Å². The molecule has 0 saturated carbocycles. The van der Waals surface area contributed by atoms with Crippen LogP contribution in [0.4, 0.5) is 29.1 Å². The van der Waals surface area contributed by atoms with Crippen LogP contribution in [0.15, 0.2) is 56.8 Å². The number of aromatic nitrogens is 3. The molecular formula is C19H15BrF4N6O3. The van der Waals surface area contributed by atoms with Gasteiger partial charge in [-0.1, -0.05) is 6.07 Å². The molecule has 0 fully saturated rings. The second-order valence-electron chi connectivity index (χ2n) is 6.53. The van der Waals surface area contributed by atoms with Gasteiger partial charge in [-0.05, 0) is 68.9 Å². The lowest BCUT2D eigenvalue weighted by Crippen LogP contribution is -2.43. The van der Waals surface area contributed by atoms with Crippen LogP contribution in [0.25, 0.3) is 0 Å². The molecule has 33 heavy (non-hydrogen) atoms. The minimum absolute atomic E-state index is 0.0591. The molecule has 3 aromatic rings. The van der Waals surface area contributed by atoms with E-state index in [1.165, 1.54) is 12.1 Å². The van der Waals surface area contributed by atoms with Crippen LogP contribution in [0.1, 0.15) is 17.7 Å². The molecule has 0 unspecified atom stereocenters. The van der Waals surface area contributed by atoms with E-state index in [1.807, 2.05) is 0 Å². The molecular weight excluding hydrogens is 516 g/mol. The topological polar surface area (TPSA) is 117 Å². The number of nitrogens with zero attached hydrogens (tertiary/aromatic N) is 5. The maximum absolute atomic E-state index is 13.5. The Morgan fingerprint density at radius 2 is 2.06 bits per heavy atom. The van der Waals surface area contributed by atoms with Crippen LogP contribution in [0.2, 0.25) is 0 Å². The quantitative estimate of drug-likeness (QED) is 0.205. The van der Waals surface area contributed by atoms with Crippen molar-refractivity contribution in [3.05, 3.63) is 64.3 Å². The highest BCUT2D eigenvalue weighted by Crippen LogP contribution is 2.27. The molecule has 2 heterocycles. The summed E-state index contributed by atoms with van der Waals surface area (Å²) in [6, 6.07) is 7.01. The van der Waals surface area contributed by atoms with Gasteiger partial charge >= 0.3 is 12.1 Å². The lowest BCUT2D eigenvalue weighted by molar-refractivity contribution is -0.170. The molecule has 3 rings (SSSR count). The van der Waals surface area contributed by atoms with Gasteiger partial charge in [0.05, 0.1) is 10.2 Å². The van der Waals surface area contributed by atoms with Crippen LogP contribution >= 0.6 is 15.9 Å². The van der Waals surface area contributed by atoms with Crippen molar-refractivity contribution in [2.24, 2.45) is 4.99 Å². The molecule has 0 atom stereocenters. The van der Waals surface area contributed by atoms with Gasteiger partial charge in [-0.2, -0.15) is 13.2 Å². The van der Waals surface area contributed by atoms with Crippen molar-refractivity contribution in [2.45, 2.75) is 19.0 Å². The number of aliphatic imine (C=N–C) groups is 1. The minimum atomic E-state index is -5.21. The fourth-order valence-electron chi connectivity index (χ4n) is 2.77. The van der Waals surface area contributed by atoms with Gasteiger partial charge in [0.25, 0.3) is 0 Å². The number of nitrogens with one attached hydrogen (secondary N) is 1. The Kier molecular flexibility index (Phi) is 7.71. The van der Waals surface area contributed by atoms with E-state index in [2.05, 4.69) is 40.8 Å². The standard InChI is InChI=1S/C19H15BrF4N6O3/c20-13-9-12(5-6-14(13)21)26-16(27-32)15-17(29-33-28-15)30(18(31)19(22,23)24)8-2-4-11-3-1-7-25-10-11/h1,3,5-7,9-10,32H,2,4,8H2,(H,26,27). The SMILES string of the molecule is O=C(N(CCCc1cccnc1)c1nonc1C(=Nc1ccc(F)c(Br)c1)NO)C(F)(F)F. The number of hydroxylamine groups is 1. The summed E-state index contributed by atoms with van der Waals surface area (Å²) < 4.78 is 57.9. The summed E-state index contributed by atoms with van der Waals surface area (Å²) in [6.45, 7) is -0.394. The summed E-state index contributed by atoms with van der Waals surface area (Å²) >= 11 is 2.98. The van der Waals surface area contributed by atoms with Crippen molar-refractivity contribution in [2.75, 3.05) is 11.4 Å². The molecule has 14 heteroatoms. The van der Waals surface area contributed by atoms with Gasteiger partial charge in [0.2, 0.25) is 5.82 Å². The van der Waals surface area contributed by atoms with Crippen molar-refractivity contribution >= 4 is 39.2 Å². The highest BCUT2D eigenvalue weighted by molar-refractivity contribution is 9.10. The van der Waals surface area contributed by atoms with Gasteiger partial charge < -0.3 is 0 Å². The predicted molar refractivity (Wildman–Crippen MR) is 110 cm³/mol. The first-order valence-electron chi connectivity index (χ1n) is 9.25. The first kappa shape index (κ1) is 24.3. The lowest BCUT2D eigenvalue weighted by atomic mass is 10.1. The van der Waals surface area contributed by atoms with Crippen LogP contribution in [-0.4, -0.2) is 45.0 Å². The average Bonchev–Trinajstić information content (AvgIpc) is 3.26. The van der Waals surface area contributed by atoms with Gasteiger partial charge in [-0.25, -0.2) is 14.0 Å². The Balaban J connectivity index is 1.92. The summed E-state index contributed by atoms with van der Waals surface area (Å²) in [5.74, 6) is -3.86. The zero-order chi connectivity index (χ0) is 24.0. The monoisotopic (exact) mass is 530 g/mol. The fourth-order valence-corrected chi connectivity index (χ4v) is 3.14. The third-order valence-electron chi connectivity index (χ3n) is 4.26. The largest absolute Gasteiger partial charge is 0.471 e. The molecule has 1 amide bonds. The Morgan fingerprint density at radius 1 is 1.27 bits per heavy atom. The molecule has 174 valence electrons. The number of amides is 1. The van der Waals surface area contributed by atoms with E-state index >= 15 is 0 Å². The zero-order valence-corrected chi connectivity index (χ0v) is 18.1. The molecule has 2 aromatic heterocycles. The van der Waals surface area contributed by atoms with Crippen molar-refractivity contribution < 1.29 is 32.2 Å². The molecule has 0 spiro atoms. The smallest absolute Gasteiger partial charge is 0.290 e. The molecule has 1 aromatic carbocycles. The van der Waals surface area contributed by atoms with Crippen LogP contribution in [0, 0.1) is 5.82 Å². The van der Waals surface area contributed by atoms with E-state index in [9.17, 15) is 27.6 Å². The van der Waals surface area contributed by atoms with Crippen molar-refractivity contribution in [1.29, 1.82) is 0 Å². The number of carbonyl (C=O) groups excluding carboxylic acids is 1. The van der Waals surface area contributed by atoms with Crippen LogP contribution in [0.3, 0.4) is 0 Å². The maximum atomic E-state index is 13.5. The van der Waals surface area contributed by atoms with Gasteiger partial charge in [0, 0.05) is 18.9 Å². The predicted octanol–water partition coefficient (Wildman–Crippen LogP) is 3.95. The fraction of sp³-hybridized carbons (Fsp3) is 0.211. The number of anilines is 1. The highest BCUT2D eigenvalue weighted by Gasteiger charge is 2.45. The number of hydrogen-bond donors (Lipinski definition) is 2. The van der Waals surface area contributed by atoms with Crippen LogP contribution in [-0.2, 0) is 11.2 Å². The van der Waals surface area contributed by atoms with E-state index in [4.69, 9.17) is 0 Å². The van der Waals surface area contributed by atoms with Gasteiger partial charge in [-0.15, -0.1) is 0 Å². The lowest BCUT2D eigenvalue weighted by Gasteiger charge is -2.21. The molecule has 9 nitrogen and oxygen atoms in total.